The molecule has 180 valence electrons. The molecule has 0 radical (unpaired) electrons. The predicted molar refractivity (Wildman–Crippen MR) is 121 cm³/mol. The lowest BCUT2D eigenvalue weighted by atomic mass is 9.73. The highest BCUT2D eigenvalue weighted by Crippen LogP contribution is 2.39. The third kappa shape index (κ3) is 6.70. The predicted octanol–water partition coefficient (Wildman–Crippen LogP) is 1.57. The van der Waals surface area contributed by atoms with E-state index in [-0.39, 0.29) is 36.4 Å². The average Bonchev–Trinajstić information content (AvgIpc) is 2.71. The highest BCUT2D eigenvalue weighted by Gasteiger charge is 2.48. The number of methoxy groups -OCH3 is 1. The molecule has 0 spiro atoms. The lowest BCUT2D eigenvalue weighted by Gasteiger charge is -2.53. The number of nitrogens with two attached hydrogens (primary N) is 1. The van der Waals surface area contributed by atoms with Crippen molar-refractivity contribution in [2.75, 3.05) is 53.9 Å². The maximum atomic E-state index is 12.9. The standard InChI is InChI=1S/C22H43N5O4/c1-15(2)31-21(28)26-14-16(3)27(22(29)30-6)19-8-7-17(11-20(19)26)18(12-23)13-24-9-10-25(4)5/h15-20,24H,7-14,23H2,1-6H3/t16-,17?,18?,19?,20?/m0/s1. The monoisotopic (exact) mass is 441 g/mol. The molecule has 2 aliphatic rings. The molecule has 2 fully saturated rings. The third-order valence-corrected chi connectivity index (χ3v) is 6.58. The number of hydrogen-bond acceptors (Lipinski definition) is 7. The summed E-state index contributed by atoms with van der Waals surface area (Å²) in [4.78, 5) is 31.2. The highest BCUT2D eigenvalue weighted by atomic mass is 16.6. The van der Waals surface area contributed by atoms with Crippen molar-refractivity contribution in [3.63, 3.8) is 0 Å². The summed E-state index contributed by atoms with van der Waals surface area (Å²) < 4.78 is 10.6. The van der Waals surface area contributed by atoms with Gasteiger partial charge >= 0.3 is 12.2 Å². The Labute approximate surface area is 187 Å². The zero-order valence-electron chi connectivity index (χ0n) is 20.2. The molecule has 2 amide bonds. The fourth-order valence-electron chi connectivity index (χ4n) is 5.02. The van der Waals surface area contributed by atoms with Crippen molar-refractivity contribution in [1.29, 1.82) is 0 Å². The van der Waals surface area contributed by atoms with Gasteiger partial charge in [0.2, 0.25) is 0 Å². The molecule has 9 heteroatoms. The van der Waals surface area contributed by atoms with Crippen LogP contribution < -0.4 is 11.1 Å². The van der Waals surface area contributed by atoms with E-state index in [2.05, 4.69) is 24.3 Å². The molecule has 2 rings (SSSR count). The number of rotatable bonds is 8. The van der Waals surface area contributed by atoms with Crippen molar-refractivity contribution in [3.8, 4) is 0 Å². The molecule has 31 heavy (non-hydrogen) atoms. The van der Waals surface area contributed by atoms with E-state index < -0.39 is 0 Å². The van der Waals surface area contributed by atoms with Crippen molar-refractivity contribution in [2.45, 2.75) is 64.3 Å². The Balaban J connectivity index is 2.15. The van der Waals surface area contributed by atoms with Gasteiger partial charge < -0.3 is 30.3 Å². The van der Waals surface area contributed by atoms with Crippen LogP contribution in [-0.2, 0) is 9.47 Å². The van der Waals surface area contributed by atoms with Crippen LogP contribution in [0.5, 0.6) is 0 Å². The molecule has 3 N–H and O–H groups in total. The topological polar surface area (TPSA) is 100 Å². The van der Waals surface area contributed by atoms with E-state index in [0.29, 0.717) is 24.9 Å². The van der Waals surface area contributed by atoms with Crippen LogP contribution in [0.4, 0.5) is 9.59 Å². The van der Waals surface area contributed by atoms with Crippen molar-refractivity contribution in [1.82, 2.24) is 20.0 Å². The van der Waals surface area contributed by atoms with Gasteiger partial charge in [-0.05, 0) is 79.1 Å². The zero-order chi connectivity index (χ0) is 23.1. The van der Waals surface area contributed by atoms with Crippen LogP contribution in [0.3, 0.4) is 0 Å². The summed E-state index contributed by atoms with van der Waals surface area (Å²) in [5.41, 5.74) is 6.15. The number of carbonyl (C=O) groups excluding carboxylic acids is 2. The van der Waals surface area contributed by atoms with Gasteiger partial charge in [0.05, 0.1) is 31.3 Å². The molecule has 1 aliphatic heterocycles. The first-order valence-corrected chi connectivity index (χ1v) is 11.6. The number of carbonyl (C=O) groups is 2. The molecule has 1 aliphatic carbocycles. The van der Waals surface area contributed by atoms with Gasteiger partial charge in [-0.2, -0.15) is 0 Å². The summed E-state index contributed by atoms with van der Waals surface area (Å²) in [7, 11) is 5.54. The number of fused-ring (bicyclic) bond motifs is 1. The molecule has 1 heterocycles. The van der Waals surface area contributed by atoms with Crippen LogP contribution in [0, 0.1) is 11.8 Å². The Morgan fingerprint density at radius 1 is 1.19 bits per heavy atom. The molecule has 0 aromatic rings. The van der Waals surface area contributed by atoms with Gasteiger partial charge in [0, 0.05) is 19.6 Å². The Hall–Kier alpha value is -1.58. The molecule has 5 atom stereocenters. The second kappa shape index (κ2) is 11.9. The van der Waals surface area contributed by atoms with Crippen LogP contribution in [0.2, 0.25) is 0 Å². The van der Waals surface area contributed by atoms with E-state index in [1.165, 1.54) is 7.11 Å². The molecule has 1 saturated carbocycles. The van der Waals surface area contributed by atoms with Crippen LogP contribution in [-0.4, -0.2) is 105 Å². The van der Waals surface area contributed by atoms with Crippen molar-refractivity contribution in [3.05, 3.63) is 0 Å². The number of piperazine rings is 1. The number of hydrogen-bond donors (Lipinski definition) is 2. The zero-order valence-corrected chi connectivity index (χ0v) is 20.2. The van der Waals surface area contributed by atoms with Crippen LogP contribution in [0.1, 0.15) is 40.0 Å². The van der Waals surface area contributed by atoms with Gasteiger partial charge in [-0.3, -0.25) is 4.90 Å². The minimum atomic E-state index is -0.321. The summed E-state index contributed by atoms with van der Waals surface area (Å²) in [5, 5.41) is 3.53. The number of amides is 2. The van der Waals surface area contributed by atoms with Crippen LogP contribution in [0.25, 0.3) is 0 Å². The normalized spacial score (nSPS) is 27.3. The third-order valence-electron chi connectivity index (χ3n) is 6.58. The Morgan fingerprint density at radius 3 is 2.48 bits per heavy atom. The first-order valence-electron chi connectivity index (χ1n) is 11.6. The highest BCUT2D eigenvalue weighted by molar-refractivity contribution is 5.71. The minimum Gasteiger partial charge on any atom is -0.453 e. The first kappa shape index (κ1) is 25.7. The van der Waals surface area contributed by atoms with Gasteiger partial charge in [0.1, 0.15) is 0 Å². The lowest BCUT2D eigenvalue weighted by Crippen LogP contribution is -2.67. The molecule has 0 aromatic carbocycles. The molecule has 4 unspecified atom stereocenters. The summed E-state index contributed by atoms with van der Waals surface area (Å²) in [6.07, 6.45) is 1.82. The smallest absolute Gasteiger partial charge is 0.410 e. The first-order chi connectivity index (χ1) is 14.7. The fraction of sp³-hybridized carbons (Fsp3) is 0.909. The van der Waals surface area contributed by atoms with Crippen molar-refractivity contribution < 1.29 is 19.1 Å². The van der Waals surface area contributed by atoms with E-state index in [9.17, 15) is 9.59 Å². The molecule has 1 saturated heterocycles. The van der Waals surface area contributed by atoms with E-state index in [1.807, 2.05) is 30.6 Å². The maximum absolute atomic E-state index is 12.9. The van der Waals surface area contributed by atoms with E-state index in [4.69, 9.17) is 15.2 Å². The number of likely N-dealkylation sites (N-methyl/N-ethyl adjacent to an activating group) is 1. The number of nitrogens with one attached hydrogen (secondary N) is 1. The van der Waals surface area contributed by atoms with Crippen molar-refractivity contribution >= 4 is 12.2 Å². The molecular formula is C22H43N5O4. The summed E-state index contributed by atoms with van der Waals surface area (Å²) >= 11 is 0. The van der Waals surface area contributed by atoms with E-state index in [0.717, 1.165) is 38.9 Å². The molecule has 0 aromatic heterocycles. The van der Waals surface area contributed by atoms with E-state index in [1.54, 1.807) is 0 Å². The summed E-state index contributed by atoms with van der Waals surface area (Å²) in [6, 6.07) is -0.272. The summed E-state index contributed by atoms with van der Waals surface area (Å²) in [5.74, 6) is 0.720. The van der Waals surface area contributed by atoms with Crippen molar-refractivity contribution in [2.24, 2.45) is 17.6 Å². The molecule has 9 nitrogen and oxygen atoms in total. The Morgan fingerprint density at radius 2 is 1.90 bits per heavy atom. The van der Waals surface area contributed by atoms with Gasteiger partial charge in [-0.15, -0.1) is 0 Å². The average molecular weight is 442 g/mol. The lowest BCUT2D eigenvalue weighted by molar-refractivity contribution is -0.0448. The van der Waals surface area contributed by atoms with Crippen LogP contribution in [0.15, 0.2) is 0 Å². The van der Waals surface area contributed by atoms with Gasteiger partial charge in [0.25, 0.3) is 0 Å². The van der Waals surface area contributed by atoms with Gasteiger partial charge in [-0.25, -0.2) is 9.59 Å². The van der Waals surface area contributed by atoms with Crippen LogP contribution >= 0.6 is 0 Å². The maximum Gasteiger partial charge on any atom is 0.410 e. The number of nitrogens with zero attached hydrogens (tertiary/aromatic N) is 3. The van der Waals surface area contributed by atoms with Gasteiger partial charge in [0.15, 0.2) is 0 Å². The summed E-state index contributed by atoms with van der Waals surface area (Å²) in [6.45, 7) is 9.49. The molecule has 0 bridgehead atoms. The SMILES string of the molecule is COC(=O)N1C2CCC(C(CN)CNCCN(C)C)CC2N(C(=O)OC(C)C)C[C@@H]1C. The Bertz CT molecular complexity index is 588. The second-order valence-electron chi connectivity index (χ2n) is 9.52. The Kier molecular flexibility index (Phi) is 9.84. The minimum absolute atomic E-state index is 0.0627. The van der Waals surface area contributed by atoms with E-state index >= 15 is 0 Å². The number of ether oxygens (including phenoxy) is 2. The quantitative estimate of drug-likeness (QED) is 0.552. The van der Waals surface area contributed by atoms with Gasteiger partial charge in [-0.1, -0.05) is 0 Å². The largest absolute Gasteiger partial charge is 0.453 e. The second-order valence-corrected chi connectivity index (χ2v) is 9.52. The fourth-order valence-corrected chi connectivity index (χ4v) is 5.02. The molecular weight excluding hydrogens is 398 g/mol.